The molecule has 0 saturated carbocycles. The van der Waals surface area contributed by atoms with Crippen molar-refractivity contribution in [3.05, 3.63) is 64.5 Å². The van der Waals surface area contributed by atoms with E-state index in [0.717, 1.165) is 11.1 Å². The van der Waals surface area contributed by atoms with Gasteiger partial charge in [-0.25, -0.2) is 4.39 Å². The molecule has 21 heavy (non-hydrogen) atoms. The largest absolute Gasteiger partial charge is 0.494 e. The topological polar surface area (TPSA) is 47.3 Å². The van der Waals surface area contributed by atoms with Crippen molar-refractivity contribution < 1.29 is 9.13 Å². The van der Waals surface area contributed by atoms with Crippen LogP contribution in [-0.4, -0.2) is 7.11 Å². The lowest BCUT2D eigenvalue weighted by atomic mass is 9.96. The van der Waals surface area contributed by atoms with Crippen molar-refractivity contribution in [1.29, 1.82) is 0 Å². The number of nitrogens with one attached hydrogen (secondary N) is 1. The van der Waals surface area contributed by atoms with E-state index in [2.05, 4.69) is 37.5 Å². The van der Waals surface area contributed by atoms with E-state index in [1.54, 1.807) is 6.07 Å². The van der Waals surface area contributed by atoms with Crippen LogP contribution in [0.1, 0.15) is 28.3 Å². The molecule has 0 aliphatic heterocycles. The van der Waals surface area contributed by atoms with Gasteiger partial charge in [0.25, 0.3) is 0 Å². The van der Waals surface area contributed by atoms with E-state index < -0.39 is 0 Å². The van der Waals surface area contributed by atoms with Crippen LogP contribution >= 0.6 is 0 Å². The number of hydrogen-bond donors (Lipinski definition) is 2. The third kappa shape index (κ3) is 3.80. The van der Waals surface area contributed by atoms with Gasteiger partial charge in [0.2, 0.25) is 0 Å². The first-order chi connectivity index (χ1) is 10.0. The SMILES string of the molecule is COc1ccc(CC(NN)c2cc(C)cc(C)c2)cc1F. The fraction of sp³-hybridized carbons (Fsp3) is 0.294. The lowest BCUT2D eigenvalue weighted by Crippen LogP contribution is -2.29. The summed E-state index contributed by atoms with van der Waals surface area (Å²) in [4.78, 5) is 0. The van der Waals surface area contributed by atoms with Crippen molar-refractivity contribution in [2.45, 2.75) is 26.3 Å². The molecular formula is C17H21FN2O. The maximum Gasteiger partial charge on any atom is 0.165 e. The van der Waals surface area contributed by atoms with E-state index in [9.17, 15) is 4.39 Å². The predicted molar refractivity (Wildman–Crippen MR) is 82.6 cm³/mol. The van der Waals surface area contributed by atoms with Crippen molar-refractivity contribution in [3.63, 3.8) is 0 Å². The highest BCUT2D eigenvalue weighted by Crippen LogP contribution is 2.23. The Balaban J connectivity index is 2.24. The summed E-state index contributed by atoms with van der Waals surface area (Å²) in [7, 11) is 1.46. The van der Waals surface area contributed by atoms with Gasteiger partial charge in [-0.05, 0) is 43.5 Å². The Morgan fingerprint density at radius 1 is 1.14 bits per heavy atom. The van der Waals surface area contributed by atoms with Gasteiger partial charge in [0.15, 0.2) is 11.6 Å². The molecule has 0 heterocycles. The maximum atomic E-state index is 13.8. The third-order valence-corrected chi connectivity index (χ3v) is 3.50. The van der Waals surface area contributed by atoms with E-state index in [-0.39, 0.29) is 17.6 Å². The average molecular weight is 288 g/mol. The number of methoxy groups -OCH3 is 1. The Kier molecular flexibility index (Phi) is 4.94. The number of aryl methyl sites for hydroxylation is 2. The van der Waals surface area contributed by atoms with Gasteiger partial charge in [0.05, 0.1) is 7.11 Å². The minimum absolute atomic E-state index is 0.0589. The van der Waals surface area contributed by atoms with Gasteiger partial charge in [-0.2, -0.15) is 0 Å². The standard InChI is InChI=1S/C17H21FN2O/c1-11-6-12(2)8-14(7-11)16(20-19)10-13-4-5-17(21-3)15(18)9-13/h4-9,16,20H,10,19H2,1-3H3. The zero-order chi connectivity index (χ0) is 15.4. The Hall–Kier alpha value is -1.91. The van der Waals surface area contributed by atoms with Crippen LogP contribution in [0, 0.1) is 19.7 Å². The summed E-state index contributed by atoms with van der Waals surface area (Å²) < 4.78 is 18.7. The molecule has 0 aliphatic carbocycles. The fourth-order valence-corrected chi connectivity index (χ4v) is 2.56. The Labute approximate surface area is 124 Å². The van der Waals surface area contributed by atoms with Crippen LogP contribution in [0.2, 0.25) is 0 Å². The highest BCUT2D eigenvalue weighted by molar-refractivity contribution is 5.34. The van der Waals surface area contributed by atoms with Gasteiger partial charge < -0.3 is 4.74 Å². The second-order valence-corrected chi connectivity index (χ2v) is 5.31. The molecule has 2 aromatic rings. The van der Waals surface area contributed by atoms with E-state index in [1.807, 2.05) is 6.07 Å². The summed E-state index contributed by atoms with van der Waals surface area (Å²) in [6.45, 7) is 4.11. The molecule has 3 N–H and O–H groups in total. The van der Waals surface area contributed by atoms with Crippen LogP contribution in [0.15, 0.2) is 36.4 Å². The lowest BCUT2D eigenvalue weighted by Gasteiger charge is -2.18. The molecule has 0 aromatic heterocycles. The normalized spacial score (nSPS) is 12.2. The van der Waals surface area contributed by atoms with Gasteiger partial charge in [-0.3, -0.25) is 11.3 Å². The molecule has 0 saturated heterocycles. The van der Waals surface area contributed by atoms with Crippen LogP contribution < -0.4 is 16.0 Å². The molecule has 0 spiro atoms. The Morgan fingerprint density at radius 3 is 2.33 bits per heavy atom. The number of hydrogen-bond acceptors (Lipinski definition) is 3. The smallest absolute Gasteiger partial charge is 0.165 e. The molecular weight excluding hydrogens is 267 g/mol. The number of rotatable bonds is 5. The quantitative estimate of drug-likeness (QED) is 0.656. The van der Waals surface area contributed by atoms with Crippen molar-refractivity contribution in [2.75, 3.05) is 7.11 Å². The Morgan fingerprint density at radius 2 is 1.81 bits per heavy atom. The van der Waals surface area contributed by atoms with Crippen LogP contribution in [0.4, 0.5) is 4.39 Å². The van der Waals surface area contributed by atoms with E-state index >= 15 is 0 Å². The molecule has 0 radical (unpaired) electrons. The van der Waals surface area contributed by atoms with Crippen LogP contribution in [0.25, 0.3) is 0 Å². The molecule has 112 valence electrons. The zero-order valence-corrected chi connectivity index (χ0v) is 12.6. The van der Waals surface area contributed by atoms with Crippen LogP contribution in [0.3, 0.4) is 0 Å². The van der Waals surface area contributed by atoms with Crippen molar-refractivity contribution in [3.8, 4) is 5.75 Å². The van der Waals surface area contributed by atoms with Gasteiger partial charge in [0.1, 0.15) is 0 Å². The second-order valence-electron chi connectivity index (χ2n) is 5.31. The fourth-order valence-electron chi connectivity index (χ4n) is 2.56. The molecule has 3 nitrogen and oxygen atoms in total. The van der Waals surface area contributed by atoms with Gasteiger partial charge in [0, 0.05) is 6.04 Å². The molecule has 2 rings (SSSR count). The highest BCUT2D eigenvalue weighted by Gasteiger charge is 2.13. The molecule has 0 bridgehead atoms. The molecule has 0 amide bonds. The van der Waals surface area contributed by atoms with Gasteiger partial charge >= 0.3 is 0 Å². The lowest BCUT2D eigenvalue weighted by molar-refractivity contribution is 0.386. The van der Waals surface area contributed by atoms with Gasteiger partial charge in [-0.1, -0.05) is 35.4 Å². The number of halogens is 1. The third-order valence-electron chi connectivity index (χ3n) is 3.50. The van der Waals surface area contributed by atoms with E-state index in [0.29, 0.717) is 6.42 Å². The van der Waals surface area contributed by atoms with Gasteiger partial charge in [-0.15, -0.1) is 0 Å². The number of benzene rings is 2. The van der Waals surface area contributed by atoms with Crippen molar-refractivity contribution in [2.24, 2.45) is 5.84 Å². The summed E-state index contributed by atoms with van der Waals surface area (Å²) in [5.41, 5.74) is 7.16. The monoisotopic (exact) mass is 288 g/mol. The summed E-state index contributed by atoms with van der Waals surface area (Å²) in [5.74, 6) is 5.58. The summed E-state index contributed by atoms with van der Waals surface area (Å²) >= 11 is 0. The number of hydrazine groups is 1. The first-order valence-electron chi connectivity index (χ1n) is 6.90. The first kappa shape index (κ1) is 15.5. The first-order valence-corrected chi connectivity index (χ1v) is 6.90. The molecule has 1 atom stereocenters. The average Bonchev–Trinajstić information content (AvgIpc) is 2.43. The van der Waals surface area contributed by atoms with E-state index in [1.165, 1.54) is 24.3 Å². The summed E-state index contributed by atoms with van der Waals surface area (Å²) in [6, 6.07) is 11.2. The molecule has 0 fully saturated rings. The Bertz CT molecular complexity index is 608. The number of ether oxygens (including phenoxy) is 1. The molecule has 0 aliphatic rings. The van der Waals surface area contributed by atoms with Crippen LogP contribution in [0.5, 0.6) is 5.75 Å². The summed E-state index contributed by atoms with van der Waals surface area (Å²) in [5, 5.41) is 0. The predicted octanol–water partition coefficient (Wildman–Crippen LogP) is 3.20. The maximum absolute atomic E-state index is 13.8. The molecule has 1 unspecified atom stereocenters. The summed E-state index contributed by atoms with van der Waals surface area (Å²) in [6.07, 6.45) is 0.611. The minimum Gasteiger partial charge on any atom is -0.494 e. The minimum atomic E-state index is -0.355. The zero-order valence-electron chi connectivity index (χ0n) is 12.6. The molecule has 2 aromatic carbocycles. The second kappa shape index (κ2) is 6.70. The number of nitrogens with two attached hydrogens (primary N) is 1. The van der Waals surface area contributed by atoms with Crippen molar-refractivity contribution in [1.82, 2.24) is 5.43 Å². The molecule has 4 heteroatoms. The van der Waals surface area contributed by atoms with Crippen LogP contribution in [-0.2, 0) is 6.42 Å². The van der Waals surface area contributed by atoms with Crippen molar-refractivity contribution >= 4 is 0 Å². The van der Waals surface area contributed by atoms with E-state index in [4.69, 9.17) is 10.6 Å². The highest BCUT2D eigenvalue weighted by atomic mass is 19.1.